The van der Waals surface area contributed by atoms with E-state index in [9.17, 15) is 14.7 Å². The van der Waals surface area contributed by atoms with Crippen LogP contribution in [-0.2, 0) is 14.3 Å². The molecule has 1 heterocycles. The number of carbonyl (C=O) groups excluding carboxylic acids is 1. The van der Waals surface area contributed by atoms with Crippen LogP contribution >= 0.6 is 0 Å². The summed E-state index contributed by atoms with van der Waals surface area (Å²) in [7, 11) is 0. The standard InChI is InChI=1S/C34H33N3O4/c1-23-20-24(2)32(25(3)21-23)35-34-36(19-18-31(38)39)33(40)30(41-34)22-26-14-16-29(17-15-26)37(27-10-6-4-7-11-27)28-12-8-5-9-13-28/h4-17,20-22,34-35H,18-19H2,1-3H3,(H,38,39). The predicted octanol–water partition coefficient (Wildman–Crippen LogP) is 7.15. The number of anilines is 4. The van der Waals surface area contributed by atoms with Gasteiger partial charge in [0.05, 0.1) is 6.42 Å². The van der Waals surface area contributed by atoms with Gasteiger partial charge in [0.25, 0.3) is 12.3 Å². The van der Waals surface area contributed by atoms with Crippen LogP contribution in [0.4, 0.5) is 22.7 Å². The van der Waals surface area contributed by atoms with Gasteiger partial charge in [0.1, 0.15) is 0 Å². The average molecular weight is 548 g/mol. The topological polar surface area (TPSA) is 82.1 Å². The van der Waals surface area contributed by atoms with Gasteiger partial charge in [-0.05, 0) is 79.9 Å². The Labute approximate surface area is 240 Å². The molecule has 1 unspecified atom stereocenters. The monoisotopic (exact) mass is 547 g/mol. The van der Waals surface area contributed by atoms with Gasteiger partial charge in [-0.1, -0.05) is 66.2 Å². The molecule has 0 saturated carbocycles. The molecular weight excluding hydrogens is 514 g/mol. The summed E-state index contributed by atoms with van der Waals surface area (Å²) in [5, 5.41) is 12.6. The molecule has 0 aliphatic carbocycles. The lowest BCUT2D eigenvalue weighted by atomic mass is 10.1. The van der Waals surface area contributed by atoms with E-state index in [1.54, 1.807) is 6.08 Å². The van der Waals surface area contributed by atoms with Gasteiger partial charge in [-0.25, -0.2) is 0 Å². The first-order valence-corrected chi connectivity index (χ1v) is 13.6. The van der Waals surface area contributed by atoms with Crippen molar-refractivity contribution in [3.8, 4) is 0 Å². The minimum absolute atomic E-state index is 0.0230. The molecule has 5 rings (SSSR count). The quantitative estimate of drug-likeness (QED) is 0.217. The highest BCUT2D eigenvalue weighted by Gasteiger charge is 2.37. The molecule has 1 aliphatic heterocycles. The molecule has 4 aromatic rings. The van der Waals surface area contributed by atoms with Gasteiger partial charge in [0, 0.05) is 29.3 Å². The normalized spacial score (nSPS) is 15.6. The van der Waals surface area contributed by atoms with Gasteiger partial charge in [-0.3, -0.25) is 14.5 Å². The maximum atomic E-state index is 13.4. The molecule has 7 heteroatoms. The van der Waals surface area contributed by atoms with Gasteiger partial charge in [-0.2, -0.15) is 0 Å². The number of amides is 1. The van der Waals surface area contributed by atoms with Crippen molar-refractivity contribution in [2.75, 3.05) is 16.8 Å². The van der Waals surface area contributed by atoms with E-state index in [4.69, 9.17) is 4.74 Å². The lowest BCUT2D eigenvalue weighted by Crippen LogP contribution is -2.40. The van der Waals surface area contributed by atoms with Gasteiger partial charge in [-0.15, -0.1) is 0 Å². The molecule has 1 aliphatic rings. The second-order valence-corrected chi connectivity index (χ2v) is 10.1. The molecule has 41 heavy (non-hydrogen) atoms. The maximum Gasteiger partial charge on any atom is 0.305 e. The molecule has 0 spiro atoms. The van der Waals surface area contributed by atoms with Crippen LogP contribution in [-0.4, -0.2) is 34.8 Å². The number of para-hydroxylation sites is 2. The Bertz CT molecular complexity index is 1500. The fraction of sp³-hybridized carbons (Fsp3) is 0.176. The van der Waals surface area contributed by atoms with Gasteiger partial charge in [0.2, 0.25) is 0 Å². The van der Waals surface area contributed by atoms with Crippen LogP contribution in [0.2, 0.25) is 0 Å². The number of hydrogen-bond acceptors (Lipinski definition) is 5. The van der Waals surface area contributed by atoms with Crippen molar-refractivity contribution in [3.05, 3.63) is 125 Å². The van der Waals surface area contributed by atoms with Crippen LogP contribution in [0, 0.1) is 20.8 Å². The van der Waals surface area contributed by atoms with E-state index in [-0.39, 0.29) is 24.6 Å². The lowest BCUT2D eigenvalue weighted by molar-refractivity contribution is -0.138. The maximum absolute atomic E-state index is 13.4. The van der Waals surface area contributed by atoms with Crippen molar-refractivity contribution >= 4 is 40.7 Å². The lowest BCUT2D eigenvalue weighted by Gasteiger charge is -2.25. The summed E-state index contributed by atoms with van der Waals surface area (Å²) in [6, 6.07) is 32.2. The number of carboxylic acids is 1. The first kappa shape index (κ1) is 27.5. The highest BCUT2D eigenvalue weighted by atomic mass is 16.5. The number of hydrogen-bond donors (Lipinski definition) is 2. The van der Waals surface area contributed by atoms with E-state index in [1.165, 1.54) is 4.90 Å². The largest absolute Gasteiger partial charge is 0.481 e. The number of carboxylic acid groups (broad SMARTS) is 1. The predicted molar refractivity (Wildman–Crippen MR) is 162 cm³/mol. The Hall–Kier alpha value is -5.04. The summed E-state index contributed by atoms with van der Waals surface area (Å²) in [6.07, 6.45) is 0.695. The van der Waals surface area contributed by atoms with Crippen molar-refractivity contribution in [1.82, 2.24) is 4.90 Å². The minimum atomic E-state index is -0.978. The summed E-state index contributed by atoms with van der Waals surface area (Å²) in [5.74, 6) is -1.18. The third-order valence-electron chi connectivity index (χ3n) is 6.98. The first-order valence-electron chi connectivity index (χ1n) is 13.6. The Morgan fingerprint density at radius 2 is 1.41 bits per heavy atom. The van der Waals surface area contributed by atoms with Gasteiger partial charge in [0.15, 0.2) is 5.76 Å². The Morgan fingerprint density at radius 1 is 0.878 bits per heavy atom. The van der Waals surface area contributed by atoms with Crippen molar-refractivity contribution in [2.24, 2.45) is 0 Å². The number of aryl methyl sites for hydroxylation is 3. The molecule has 1 fully saturated rings. The Morgan fingerprint density at radius 3 is 1.95 bits per heavy atom. The zero-order valence-corrected chi connectivity index (χ0v) is 23.4. The summed E-state index contributed by atoms with van der Waals surface area (Å²) in [5.41, 5.74) is 7.86. The number of ether oxygens (including phenoxy) is 1. The summed E-state index contributed by atoms with van der Waals surface area (Å²) in [6.45, 7) is 6.04. The molecule has 0 bridgehead atoms. The third kappa shape index (κ3) is 6.25. The number of rotatable bonds is 9. The van der Waals surface area contributed by atoms with Gasteiger partial charge >= 0.3 is 5.97 Å². The number of nitrogens with one attached hydrogen (secondary N) is 1. The van der Waals surface area contributed by atoms with Crippen molar-refractivity contribution in [1.29, 1.82) is 0 Å². The number of benzene rings is 4. The molecule has 1 saturated heterocycles. The molecule has 208 valence electrons. The number of carbonyl (C=O) groups is 2. The van der Waals surface area contributed by atoms with E-state index in [1.807, 2.05) is 81.4 Å². The molecule has 7 nitrogen and oxygen atoms in total. The molecule has 0 radical (unpaired) electrons. The number of nitrogens with zero attached hydrogens (tertiary/aromatic N) is 2. The molecule has 4 aromatic carbocycles. The highest BCUT2D eigenvalue weighted by Crippen LogP contribution is 2.35. The van der Waals surface area contributed by atoms with Crippen LogP contribution in [0.5, 0.6) is 0 Å². The van der Waals surface area contributed by atoms with Crippen molar-refractivity contribution in [3.63, 3.8) is 0 Å². The zero-order valence-electron chi connectivity index (χ0n) is 23.4. The van der Waals surface area contributed by atoms with Crippen molar-refractivity contribution < 1.29 is 19.4 Å². The Balaban J connectivity index is 1.42. The van der Waals surface area contributed by atoms with Crippen LogP contribution < -0.4 is 10.2 Å². The van der Waals surface area contributed by atoms with Crippen LogP contribution in [0.1, 0.15) is 28.7 Å². The van der Waals surface area contributed by atoms with Gasteiger partial charge < -0.3 is 20.1 Å². The summed E-state index contributed by atoms with van der Waals surface area (Å²) in [4.78, 5) is 28.3. The molecular formula is C34H33N3O4. The second kappa shape index (κ2) is 12.0. The first-order chi connectivity index (χ1) is 19.8. The molecule has 0 aromatic heterocycles. The van der Waals surface area contributed by atoms with Crippen molar-refractivity contribution in [2.45, 2.75) is 33.5 Å². The minimum Gasteiger partial charge on any atom is -0.481 e. The SMILES string of the molecule is Cc1cc(C)c(NC2OC(=Cc3ccc(N(c4ccccc4)c4ccccc4)cc3)C(=O)N2CCC(=O)O)c(C)c1. The number of aliphatic carboxylic acids is 1. The van der Waals surface area contributed by atoms with E-state index < -0.39 is 12.3 Å². The summed E-state index contributed by atoms with van der Waals surface area (Å²) >= 11 is 0. The fourth-order valence-corrected chi connectivity index (χ4v) is 5.12. The highest BCUT2D eigenvalue weighted by molar-refractivity contribution is 5.98. The Kier molecular flexibility index (Phi) is 8.06. The van der Waals surface area contributed by atoms with E-state index in [0.717, 1.165) is 45.0 Å². The smallest absolute Gasteiger partial charge is 0.305 e. The van der Waals surface area contributed by atoms with Crippen LogP contribution in [0.25, 0.3) is 6.08 Å². The second-order valence-electron chi connectivity index (χ2n) is 10.1. The van der Waals surface area contributed by atoms with E-state index >= 15 is 0 Å². The zero-order chi connectivity index (χ0) is 28.9. The summed E-state index contributed by atoms with van der Waals surface area (Å²) < 4.78 is 6.11. The van der Waals surface area contributed by atoms with Crippen LogP contribution in [0.15, 0.2) is 103 Å². The average Bonchev–Trinajstić information content (AvgIpc) is 3.25. The van der Waals surface area contributed by atoms with Crippen LogP contribution in [0.3, 0.4) is 0 Å². The third-order valence-corrected chi connectivity index (χ3v) is 6.98. The molecule has 1 amide bonds. The van der Waals surface area contributed by atoms with E-state index in [0.29, 0.717) is 0 Å². The molecule has 2 N–H and O–H groups in total. The molecule has 1 atom stereocenters. The van der Waals surface area contributed by atoms with E-state index in [2.05, 4.69) is 46.6 Å². The fourth-order valence-electron chi connectivity index (χ4n) is 5.12.